The zero-order valence-electron chi connectivity index (χ0n) is 20.2. The SMILES string of the molecule is CC(C)Oc1cccc(NC(=O)CC(Cc2ccccc2)c2ccc(Oc3ccccc3)cc2)c1. The Bertz CT molecular complexity index is 1200. The number of nitrogens with one attached hydrogen (secondary N) is 1. The molecule has 0 saturated heterocycles. The summed E-state index contributed by atoms with van der Waals surface area (Å²) in [6, 6.07) is 35.5. The lowest BCUT2D eigenvalue weighted by Gasteiger charge is -2.18. The second kappa shape index (κ2) is 11.9. The Morgan fingerprint density at radius 2 is 1.37 bits per heavy atom. The molecule has 4 aromatic rings. The summed E-state index contributed by atoms with van der Waals surface area (Å²) in [5.41, 5.74) is 3.03. The highest BCUT2D eigenvalue weighted by atomic mass is 16.5. The highest BCUT2D eigenvalue weighted by molar-refractivity contribution is 5.91. The average Bonchev–Trinajstić information content (AvgIpc) is 2.85. The van der Waals surface area contributed by atoms with Crippen molar-refractivity contribution in [2.24, 2.45) is 0 Å². The van der Waals surface area contributed by atoms with Gasteiger partial charge >= 0.3 is 0 Å². The van der Waals surface area contributed by atoms with Crippen molar-refractivity contribution >= 4 is 11.6 Å². The zero-order valence-corrected chi connectivity index (χ0v) is 20.2. The maximum Gasteiger partial charge on any atom is 0.224 e. The molecule has 178 valence electrons. The minimum Gasteiger partial charge on any atom is -0.491 e. The Morgan fingerprint density at radius 3 is 2.06 bits per heavy atom. The fraction of sp³-hybridized carbons (Fsp3) is 0.194. The molecule has 0 aromatic heterocycles. The fourth-order valence-electron chi connectivity index (χ4n) is 3.99. The number of amides is 1. The number of benzene rings is 4. The van der Waals surface area contributed by atoms with Gasteiger partial charge in [-0.25, -0.2) is 0 Å². The van der Waals surface area contributed by atoms with Crippen LogP contribution in [0, 0.1) is 0 Å². The normalized spacial score (nSPS) is 11.6. The van der Waals surface area contributed by atoms with Crippen LogP contribution in [-0.2, 0) is 11.2 Å². The molecule has 0 saturated carbocycles. The maximum atomic E-state index is 13.1. The predicted molar refractivity (Wildman–Crippen MR) is 141 cm³/mol. The summed E-state index contributed by atoms with van der Waals surface area (Å²) in [4.78, 5) is 13.1. The van der Waals surface area contributed by atoms with E-state index >= 15 is 0 Å². The average molecular weight is 466 g/mol. The Labute approximate surface area is 207 Å². The van der Waals surface area contributed by atoms with Crippen molar-refractivity contribution in [3.05, 3.63) is 120 Å². The predicted octanol–water partition coefficient (Wildman–Crippen LogP) is 7.62. The summed E-state index contributed by atoms with van der Waals surface area (Å²) in [7, 11) is 0. The molecule has 0 aliphatic rings. The summed E-state index contributed by atoms with van der Waals surface area (Å²) >= 11 is 0. The van der Waals surface area contributed by atoms with Gasteiger partial charge in [-0.15, -0.1) is 0 Å². The van der Waals surface area contributed by atoms with Crippen LogP contribution in [0.5, 0.6) is 17.2 Å². The van der Waals surface area contributed by atoms with Crippen molar-refractivity contribution in [1.82, 2.24) is 0 Å². The van der Waals surface area contributed by atoms with Gasteiger partial charge < -0.3 is 14.8 Å². The van der Waals surface area contributed by atoms with Gasteiger partial charge in [0.1, 0.15) is 17.2 Å². The van der Waals surface area contributed by atoms with Crippen molar-refractivity contribution in [3.63, 3.8) is 0 Å². The first-order chi connectivity index (χ1) is 17.0. The van der Waals surface area contributed by atoms with Crippen molar-refractivity contribution in [1.29, 1.82) is 0 Å². The Morgan fingerprint density at radius 1 is 0.743 bits per heavy atom. The number of rotatable bonds is 10. The first-order valence-electron chi connectivity index (χ1n) is 12.0. The molecule has 1 atom stereocenters. The molecule has 4 rings (SSSR count). The topological polar surface area (TPSA) is 47.6 Å². The number of hydrogen-bond acceptors (Lipinski definition) is 3. The van der Waals surface area contributed by atoms with E-state index in [1.807, 2.05) is 98.8 Å². The van der Waals surface area contributed by atoms with E-state index < -0.39 is 0 Å². The first-order valence-corrected chi connectivity index (χ1v) is 12.0. The van der Waals surface area contributed by atoms with E-state index in [1.54, 1.807) is 0 Å². The molecule has 1 amide bonds. The molecule has 0 bridgehead atoms. The van der Waals surface area contributed by atoms with E-state index in [0.717, 1.165) is 34.9 Å². The van der Waals surface area contributed by atoms with Crippen LogP contribution in [0.1, 0.15) is 37.3 Å². The van der Waals surface area contributed by atoms with Gasteiger partial charge in [-0.1, -0.05) is 66.7 Å². The molecular weight excluding hydrogens is 434 g/mol. The van der Waals surface area contributed by atoms with Gasteiger partial charge in [-0.05, 0) is 73.7 Å². The number of hydrogen-bond donors (Lipinski definition) is 1. The zero-order chi connectivity index (χ0) is 24.5. The Hall–Kier alpha value is -4.05. The van der Waals surface area contributed by atoms with E-state index in [9.17, 15) is 4.79 Å². The minimum absolute atomic E-state index is 0.0262. The van der Waals surface area contributed by atoms with Gasteiger partial charge in [0, 0.05) is 18.2 Å². The molecule has 4 heteroatoms. The minimum atomic E-state index is -0.0303. The molecule has 1 unspecified atom stereocenters. The van der Waals surface area contributed by atoms with Crippen LogP contribution < -0.4 is 14.8 Å². The van der Waals surface area contributed by atoms with E-state index in [-0.39, 0.29) is 17.9 Å². The number of carbonyl (C=O) groups is 1. The lowest BCUT2D eigenvalue weighted by Crippen LogP contribution is -2.17. The third kappa shape index (κ3) is 7.47. The third-order valence-electron chi connectivity index (χ3n) is 5.58. The van der Waals surface area contributed by atoms with Crippen molar-refractivity contribution in [2.75, 3.05) is 5.32 Å². The van der Waals surface area contributed by atoms with Gasteiger partial charge in [0.05, 0.1) is 6.10 Å². The van der Waals surface area contributed by atoms with Crippen molar-refractivity contribution in [2.45, 2.75) is 38.7 Å². The summed E-state index contributed by atoms with van der Waals surface area (Å²) in [6.07, 6.45) is 1.21. The number of ether oxygens (including phenoxy) is 2. The molecular formula is C31H31NO3. The van der Waals surface area contributed by atoms with Gasteiger partial charge in [0.15, 0.2) is 0 Å². The fourth-order valence-corrected chi connectivity index (χ4v) is 3.99. The van der Waals surface area contributed by atoms with Crippen LogP contribution in [-0.4, -0.2) is 12.0 Å². The molecule has 4 nitrogen and oxygen atoms in total. The summed E-state index contributed by atoms with van der Waals surface area (Å²) in [6.45, 7) is 3.96. The van der Waals surface area contributed by atoms with Crippen molar-refractivity contribution in [3.8, 4) is 17.2 Å². The van der Waals surface area contributed by atoms with Gasteiger partial charge in [-0.3, -0.25) is 4.79 Å². The van der Waals surface area contributed by atoms with Crippen molar-refractivity contribution < 1.29 is 14.3 Å². The summed E-state index contributed by atoms with van der Waals surface area (Å²) in [5.74, 6) is 2.30. The van der Waals surface area contributed by atoms with Crippen LogP contribution in [0.4, 0.5) is 5.69 Å². The summed E-state index contributed by atoms with van der Waals surface area (Å²) < 4.78 is 11.7. The van der Waals surface area contributed by atoms with Crippen LogP contribution in [0.2, 0.25) is 0 Å². The van der Waals surface area contributed by atoms with Crippen LogP contribution in [0.3, 0.4) is 0 Å². The maximum absolute atomic E-state index is 13.1. The second-order valence-corrected chi connectivity index (χ2v) is 8.82. The highest BCUT2D eigenvalue weighted by Crippen LogP contribution is 2.29. The lowest BCUT2D eigenvalue weighted by molar-refractivity contribution is -0.116. The molecule has 0 aliphatic heterocycles. The highest BCUT2D eigenvalue weighted by Gasteiger charge is 2.18. The van der Waals surface area contributed by atoms with Gasteiger partial charge in [-0.2, -0.15) is 0 Å². The molecule has 0 radical (unpaired) electrons. The molecule has 0 fully saturated rings. The Kier molecular flexibility index (Phi) is 8.18. The third-order valence-corrected chi connectivity index (χ3v) is 5.58. The number of anilines is 1. The quantitative estimate of drug-likeness (QED) is 0.262. The van der Waals surface area contributed by atoms with Gasteiger partial charge in [0.25, 0.3) is 0 Å². The number of para-hydroxylation sites is 1. The van der Waals surface area contributed by atoms with E-state index in [0.29, 0.717) is 6.42 Å². The van der Waals surface area contributed by atoms with E-state index in [2.05, 4.69) is 29.6 Å². The van der Waals surface area contributed by atoms with Crippen LogP contribution >= 0.6 is 0 Å². The Balaban J connectivity index is 1.48. The van der Waals surface area contributed by atoms with Gasteiger partial charge in [0.2, 0.25) is 5.91 Å². The van der Waals surface area contributed by atoms with Crippen LogP contribution in [0.15, 0.2) is 109 Å². The smallest absolute Gasteiger partial charge is 0.224 e. The molecule has 35 heavy (non-hydrogen) atoms. The lowest BCUT2D eigenvalue weighted by atomic mass is 9.89. The van der Waals surface area contributed by atoms with Crippen LogP contribution in [0.25, 0.3) is 0 Å². The second-order valence-electron chi connectivity index (χ2n) is 8.82. The number of carbonyl (C=O) groups excluding carboxylic acids is 1. The first kappa shape index (κ1) is 24.1. The van der Waals surface area contributed by atoms with E-state index in [1.165, 1.54) is 5.56 Å². The largest absolute Gasteiger partial charge is 0.491 e. The molecule has 4 aromatic carbocycles. The summed E-state index contributed by atoms with van der Waals surface area (Å²) in [5, 5.41) is 3.04. The molecule has 0 aliphatic carbocycles. The van der Waals surface area contributed by atoms with E-state index in [4.69, 9.17) is 9.47 Å². The molecule has 0 heterocycles. The standard InChI is InChI=1S/C31H31NO3/c1-23(2)34-30-15-9-12-27(22-30)32-31(33)21-26(20-24-10-5-3-6-11-24)25-16-18-29(19-17-25)35-28-13-7-4-8-14-28/h3-19,22-23,26H,20-21H2,1-2H3,(H,32,33). The molecule has 1 N–H and O–H groups in total. The monoisotopic (exact) mass is 465 g/mol. The molecule has 0 spiro atoms.